The van der Waals surface area contributed by atoms with E-state index >= 15 is 0 Å². The van der Waals surface area contributed by atoms with Crippen LogP contribution in [-0.2, 0) is 6.54 Å². The van der Waals surface area contributed by atoms with Crippen LogP contribution in [0.4, 0.5) is 0 Å². The van der Waals surface area contributed by atoms with Crippen LogP contribution in [0.2, 0.25) is 0 Å². The highest BCUT2D eigenvalue weighted by atomic mass is 127. The van der Waals surface area contributed by atoms with Gasteiger partial charge in [0.15, 0.2) is 5.96 Å². The molecule has 7 heteroatoms. The third-order valence-electron chi connectivity index (χ3n) is 5.19. The summed E-state index contributed by atoms with van der Waals surface area (Å²) in [4.78, 5) is 19.3. The molecule has 29 heavy (non-hydrogen) atoms. The molecule has 0 saturated carbocycles. The Balaban J connectivity index is 0.00000420. The van der Waals surface area contributed by atoms with Gasteiger partial charge in [-0.15, -0.1) is 24.0 Å². The van der Waals surface area contributed by atoms with E-state index in [4.69, 9.17) is 4.99 Å². The summed E-state index contributed by atoms with van der Waals surface area (Å²) >= 11 is 0. The minimum absolute atomic E-state index is 0. The van der Waals surface area contributed by atoms with E-state index in [1.807, 2.05) is 31.2 Å². The molecule has 0 radical (unpaired) electrons. The van der Waals surface area contributed by atoms with Crippen molar-refractivity contribution >= 4 is 35.8 Å². The van der Waals surface area contributed by atoms with Crippen LogP contribution >= 0.6 is 24.0 Å². The van der Waals surface area contributed by atoms with E-state index in [1.54, 1.807) is 0 Å². The Morgan fingerprint density at radius 1 is 1.07 bits per heavy atom. The Bertz CT molecular complexity index is 656. The maximum atomic E-state index is 12.0. The van der Waals surface area contributed by atoms with Crippen LogP contribution in [0.3, 0.4) is 0 Å². The summed E-state index contributed by atoms with van der Waals surface area (Å²) < 4.78 is 0. The van der Waals surface area contributed by atoms with Crippen molar-refractivity contribution in [1.29, 1.82) is 0 Å². The molecule has 1 heterocycles. The van der Waals surface area contributed by atoms with Crippen LogP contribution in [0.5, 0.6) is 0 Å². The number of nitrogens with zero attached hydrogens (tertiary/aromatic N) is 2. The number of carbonyl (C=O) groups is 1. The second-order valence-corrected chi connectivity index (χ2v) is 7.97. The molecule has 1 saturated heterocycles. The standard InChI is InChI=1S/C22H37N5O.HI/c1-5-23-20(28)19-12-10-11-18(15-19)16-25-21(24-6-2)26-17-22(3,4)27-13-8-7-9-14-27;/h10-12,15H,5-9,13-14,16-17H2,1-4H3,(H,23,28)(H2,24,25,26);1H. The fourth-order valence-corrected chi connectivity index (χ4v) is 3.50. The Hall–Kier alpha value is -1.35. The number of piperidine rings is 1. The first-order chi connectivity index (χ1) is 13.5. The molecule has 1 aromatic rings. The van der Waals surface area contributed by atoms with Gasteiger partial charge in [-0.05, 0) is 71.3 Å². The predicted molar refractivity (Wildman–Crippen MR) is 132 cm³/mol. The summed E-state index contributed by atoms with van der Waals surface area (Å²) in [5.41, 5.74) is 1.80. The molecule has 0 aromatic heterocycles. The smallest absolute Gasteiger partial charge is 0.251 e. The summed E-state index contributed by atoms with van der Waals surface area (Å²) in [7, 11) is 0. The highest BCUT2D eigenvalue weighted by molar-refractivity contribution is 14.0. The zero-order valence-corrected chi connectivity index (χ0v) is 20.7. The maximum absolute atomic E-state index is 12.0. The number of benzene rings is 1. The zero-order chi connectivity index (χ0) is 20.4. The maximum Gasteiger partial charge on any atom is 0.251 e. The van der Waals surface area contributed by atoms with Crippen molar-refractivity contribution in [3.05, 3.63) is 35.4 Å². The Kier molecular flexibility index (Phi) is 11.6. The lowest BCUT2D eigenvalue weighted by Crippen LogP contribution is -2.54. The second-order valence-electron chi connectivity index (χ2n) is 7.97. The average Bonchev–Trinajstić information content (AvgIpc) is 2.71. The number of halogens is 1. The number of amides is 1. The molecular weight excluding hydrogens is 477 g/mol. The molecule has 2 rings (SSSR count). The van der Waals surface area contributed by atoms with Gasteiger partial charge in [-0.2, -0.15) is 0 Å². The molecule has 0 aliphatic carbocycles. The van der Waals surface area contributed by atoms with Gasteiger partial charge in [0.05, 0.1) is 6.54 Å². The number of rotatable bonds is 8. The van der Waals surface area contributed by atoms with Gasteiger partial charge in [-0.1, -0.05) is 18.6 Å². The molecule has 3 N–H and O–H groups in total. The Labute approximate surface area is 193 Å². The fourth-order valence-electron chi connectivity index (χ4n) is 3.50. The summed E-state index contributed by atoms with van der Waals surface area (Å²) in [6.07, 6.45) is 3.93. The fraction of sp³-hybridized carbons (Fsp3) is 0.636. The molecule has 1 fully saturated rings. The first-order valence-electron chi connectivity index (χ1n) is 10.6. The number of hydrogen-bond donors (Lipinski definition) is 3. The SMILES string of the molecule is CCNC(=O)c1cccc(CN=C(NCC)NCC(C)(C)N2CCCCC2)c1.I. The van der Waals surface area contributed by atoms with Crippen LogP contribution in [0, 0.1) is 0 Å². The Morgan fingerprint density at radius 2 is 1.76 bits per heavy atom. The summed E-state index contributed by atoms with van der Waals surface area (Å²) in [6, 6.07) is 7.67. The van der Waals surface area contributed by atoms with Gasteiger partial charge in [0.2, 0.25) is 0 Å². The van der Waals surface area contributed by atoms with Crippen molar-refractivity contribution in [3.8, 4) is 0 Å². The molecule has 0 unspecified atom stereocenters. The van der Waals surface area contributed by atoms with Gasteiger partial charge in [-0.3, -0.25) is 9.69 Å². The number of aliphatic imine (C=N–C) groups is 1. The lowest BCUT2D eigenvalue weighted by atomic mass is 9.98. The van der Waals surface area contributed by atoms with E-state index in [9.17, 15) is 4.79 Å². The molecule has 1 aliphatic rings. The highest BCUT2D eigenvalue weighted by Crippen LogP contribution is 2.19. The summed E-state index contributed by atoms with van der Waals surface area (Å²) in [5, 5.41) is 9.67. The van der Waals surface area contributed by atoms with E-state index in [0.717, 1.165) is 24.6 Å². The van der Waals surface area contributed by atoms with Crippen LogP contribution in [0.25, 0.3) is 0 Å². The third-order valence-corrected chi connectivity index (χ3v) is 5.19. The zero-order valence-electron chi connectivity index (χ0n) is 18.4. The minimum Gasteiger partial charge on any atom is -0.357 e. The van der Waals surface area contributed by atoms with Crippen molar-refractivity contribution < 1.29 is 4.79 Å². The lowest BCUT2D eigenvalue weighted by molar-refractivity contribution is 0.0955. The van der Waals surface area contributed by atoms with Gasteiger partial charge >= 0.3 is 0 Å². The number of hydrogen-bond acceptors (Lipinski definition) is 3. The molecule has 1 aliphatic heterocycles. The molecule has 1 amide bonds. The van der Waals surface area contributed by atoms with E-state index in [1.165, 1.54) is 32.4 Å². The van der Waals surface area contributed by atoms with Crippen LogP contribution in [0.15, 0.2) is 29.3 Å². The van der Waals surface area contributed by atoms with Crippen molar-refractivity contribution in [3.63, 3.8) is 0 Å². The van der Waals surface area contributed by atoms with Crippen LogP contribution in [0.1, 0.15) is 62.9 Å². The topological polar surface area (TPSA) is 68.8 Å². The highest BCUT2D eigenvalue weighted by Gasteiger charge is 2.27. The first-order valence-corrected chi connectivity index (χ1v) is 10.6. The molecule has 6 nitrogen and oxygen atoms in total. The normalized spacial score (nSPS) is 15.4. The molecule has 0 atom stereocenters. The number of nitrogens with one attached hydrogen (secondary N) is 3. The molecule has 0 spiro atoms. The molecular formula is C22H38IN5O. The van der Waals surface area contributed by atoms with E-state index < -0.39 is 0 Å². The lowest BCUT2D eigenvalue weighted by Gasteiger charge is -2.41. The van der Waals surface area contributed by atoms with Gasteiger partial charge in [-0.25, -0.2) is 4.99 Å². The van der Waals surface area contributed by atoms with Crippen molar-refractivity contribution in [2.45, 2.75) is 59.0 Å². The van der Waals surface area contributed by atoms with E-state index in [-0.39, 0.29) is 35.4 Å². The third kappa shape index (κ3) is 8.50. The largest absolute Gasteiger partial charge is 0.357 e. The van der Waals surface area contributed by atoms with Gasteiger partial charge in [0, 0.05) is 30.7 Å². The minimum atomic E-state index is -0.0401. The van der Waals surface area contributed by atoms with Gasteiger partial charge < -0.3 is 16.0 Å². The monoisotopic (exact) mass is 515 g/mol. The summed E-state index contributed by atoms with van der Waals surface area (Å²) in [6.45, 7) is 13.8. The van der Waals surface area contributed by atoms with Crippen molar-refractivity contribution in [2.75, 3.05) is 32.7 Å². The molecule has 164 valence electrons. The number of carbonyl (C=O) groups excluding carboxylic acids is 1. The van der Waals surface area contributed by atoms with Crippen molar-refractivity contribution in [2.24, 2.45) is 4.99 Å². The summed E-state index contributed by atoms with van der Waals surface area (Å²) in [5.74, 6) is 0.776. The van der Waals surface area contributed by atoms with Gasteiger partial charge in [0.25, 0.3) is 5.91 Å². The molecule has 1 aromatic carbocycles. The van der Waals surface area contributed by atoms with Crippen LogP contribution < -0.4 is 16.0 Å². The first kappa shape index (κ1) is 25.7. The number of guanidine groups is 1. The van der Waals surface area contributed by atoms with E-state index in [2.05, 4.69) is 41.6 Å². The van der Waals surface area contributed by atoms with Crippen molar-refractivity contribution in [1.82, 2.24) is 20.9 Å². The predicted octanol–water partition coefficient (Wildman–Crippen LogP) is 3.37. The quantitative estimate of drug-likeness (QED) is 0.282. The Morgan fingerprint density at radius 3 is 2.41 bits per heavy atom. The van der Waals surface area contributed by atoms with Crippen LogP contribution in [-0.4, -0.2) is 55.0 Å². The van der Waals surface area contributed by atoms with Gasteiger partial charge in [0.1, 0.15) is 0 Å². The van der Waals surface area contributed by atoms with E-state index in [0.29, 0.717) is 18.7 Å². The number of likely N-dealkylation sites (tertiary alicyclic amines) is 1. The average molecular weight is 515 g/mol. The second kappa shape index (κ2) is 13.1. The molecule has 0 bridgehead atoms.